The molecule has 1 atom stereocenters. The Morgan fingerprint density at radius 3 is 2.50 bits per heavy atom. The summed E-state index contributed by atoms with van der Waals surface area (Å²) in [4.78, 5) is 11.2. The zero-order valence-corrected chi connectivity index (χ0v) is 15.9. The molecular weight excluding hydrogens is 380 g/mol. The predicted molar refractivity (Wildman–Crippen MR) is 105 cm³/mol. The molecule has 1 aromatic heterocycles. The lowest BCUT2D eigenvalue weighted by Gasteiger charge is -2.19. The summed E-state index contributed by atoms with van der Waals surface area (Å²) < 4.78 is 33.3. The molecule has 0 amide bonds. The van der Waals surface area contributed by atoms with Gasteiger partial charge in [-0.05, 0) is 42.8 Å². The van der Waals surface area contributed by atoms with Crippen LogP contribution in [0.2, 0.25) is 0 Å². The van der Waals surface area contributed by atoms with Crippen molar-refractivity contribution in [3.05, 3.63) is 83.8 Å². The smallest absolute Gasteiger partial charge is 0.335 e. The number of benzene rings is 2. The van der Waals surface area contributed by atoms with Crippen molar-refractivity contribution in [3.63, 3.8) is 0 Å². The number of furan rings is 1. The average molecular weight is 400 g/mol. The van der Waals surface area contributed by atoms with Gasteiger partial charge in [0.05, 0.1) is 24.1 Å². The van der Waals surface area contributed by atoms with Crippen molar-refractivity contribution in [3.8, 4) is 0 Å². The monoisotopic (exact) mass is 400 g/mol. The van der Waals surface area contributed by atoms with Crippen LogP contribution in [0.25, 0.3) is 0 Å². The molecule has 0 fully saturated rings. The highest BCUT2D eigenvalue weighted by molar-refractivity contribution is 7.89. The van der Waals surface area contributed by atoms with Crippen LogP contribution in [0.3, 0.4) is 0 Å². The van der Waals surface area contributed by atoms with Crippen LogP contribution < -0.4 is 10.0 Å². The first kappa shape index (κ1) is 19.7. The van der Waals surface area contributed by atoms with Gasteiger partial charge in [0, 0.05) is 6.04 Å². The molecule has 0 radical (unpaired) electrons. The molecule has 0 saturated carbocycles. The molecule has 8 heteroatoms. The summed E-state index contributed by atoms with van der Waals surface area (Å²) in [5.41, 5.74) is 1.17. The second kappa shape index (κ2) is 8.28. The van der Waals surface area contributed by atoms with Crippen LogP contribution in [0, 0.1) is 0 Å². The lowest BCUT2D eigenvalue weighted by molar-refractivity contribution is 0.0696. The summed E-state index contributed by atoms with van der Waals surface area (Å²) >= 11 is 0. The van der Waals surface area contributed by atoms with E-state index in [0.717, 1.165) is 11.6 Å². The van der Waals surface area contributed by atoms with Crippen molar-refractivity contribution in [2.24, 2.45) is 0 Å². The highest BCUT2D eigenvalue weighted by atomic mass is 32.2. The minimum absolute atomic E-state index is 0.0414. The maximum Gasteiger partial charge on any atom is 0.335 e. The average Bonchev–Trinajstić information content (AvgIpc) is 3.21. The molecule has 1 heterocycles. The van der Waals surface area contributed by atoms with Crippen LogP contribution in [0.15, 0.2) is 76.2 Å². The predicted octanol–water partition coefficient (Wildman–Crippen LogP) is 3.63. The van der Waals surface area contributed by atoms with Gasteiger partial charge in [-0.15, -0.1) is 0 Å². The normalized spacial score (nSPS) is 12.5. The van der Waals surface area contributed by atoms with E-state index in [0.29, 0.717) is 11.4 Å². The van der Waals surface area contributed by atoms with Crippen molar-refractivity contribution >= 4 is 21.7 Å². The molecule has 7 nitrogen and oxygen atoms in total. The number of carboxylic acid groups (broad SMARTS) is 1. The number of aromatic carboxylic acids is 1. The van der Waals surface area contributed by atoms with Crippen LogP contribution in [0.1, 0.15) is 34.6 Å². The Balaban J connectivity index is 1.92. The Bertz CT molecular complexity index is 1050. The first-order valence-electron chi connectivity index (χ1n) is 8.58. The minimum atomic E-state index is -3.99. The van der Waals surface area contributed by atoms with Gasteiger partial charge < -0.3 is 14.8 Å². The van der Waals surface area contributed by atoms with Gasteiger partial charge in [0.2, 0.25) is 10.0 Å². The maximum atomic E-state index is 12.9. The van der Waals surface area contributed by atoms with Crippen molar-refractivity contribution in [2.45, 2.75) is 24.4 Å². The Kier molecular flexibility index (Phi) is 5.81. The number of hydrogen-bond donors (Lipinski definition) is 3. The Labute approximate surface area is 163 Å². The molecule has 0 aliphatic rings. The van der Waals surface area contributed by atoms with E-state index >= 15 is 0 Å². The van der Waals surface area contributed by atoms with Crippen LogP contribution in [-0.4, -0.2) is 19.5 Å². The fraction of sp³-hybridized carbons (Fsp3) is 0.150. The molecule has 0 aliphatic carbocycles. The van der Waals surface area contributed by atoms with E-state index in [-0.39, 0.29) is 23.0 Å². The number of sulfonamides is 1. The molecule has 28 heavy (non-hydrogen) atoms. The van der Waals surface area contributed by atoms with Gasteiger partial charge in [-0.25, -0.2) is 17.9 Å². The van der Waals surface area contributed by atoms with Gasteiger partial charge in [-0.3, -0.25) is 0 Å². The maximum absolute atomic E-state index is 12.9. The molecule has 0 bridgehead atoms. The number of anilines is 1. The van der Waals surface area contributed by atoms with E-state index in [9.17, 15) is 18.3 Å². The zero-order valence-electron chi connectivity index (χ0n) is 15.1. The molecule has 2 aromatic carbocycles. The lowest BCUT2D eigenvalue weighted by atomic mass is 10.1. The first-order valence-corrected chi connectivity index (χ1v) is 10.1. The molecule has 3 rings (SSSR count). The highest BCUT2D eigenvalue weighted by Gasteiger charge is 2.22. The largest absolute Gasteiger partial charge is 0.478 e. The summed E-state index contributed by atoms with van der Waals surface area (Å²) in [7, 11) is -3.99. The quantitative estimate of drug-likeness (QED) is 0.533. The van der Waals surface area contributed by atoms with Crippen molar-refractivity contribution in [1.29, 1.82) is 0 Å². The standard InChI is InChI=1S/C20H20N2O5S/c1-14(15-6-3-2-4-7-15)22-18-10-9-16(20(23)24)12-19(18)28(25,26)21-13-17-8-5-11-27-17/h2-12,14,21-22H,13H2,1H3,(H,23,24). The lowest BCUT2D eigenvalue weighted by Crippen LogP contribution is -2.25. The third-order valence-corrected chi connectivity index (χ3v) is 5.65. The second-order valence-electron chi connectivity index (χ2n) is 6.20. The Morgan fingerprint density at radius 1 is 1.11 bits per heavy atom. The number of rotatable bonds is 8. The first-order chi connectivity index (χ1) is 13.4. The highest BCUT2D eigenvalue weighted by Crippen LogP contribution is 2.27. The van der Waals surface area contributed by atoms with Gasteiger partial charge in [-0.2, -0.15) is 0 Å². The fourth-order valence-electron chi connectivity index (χ4n) is 2.71. The van der Waals surface area contributed by atoms with E-state index in [2.05, 4.69) is 10.0 Å². The van der Waals surface area contributed by atoms with Crippen molar-refractivity contribution in [2.75, 3.05) is 5.32 Å². The van der Waals surface area contributed by atoms with Crippen LogP contribution >= 0.6 is 0 Å². The molecule has 0 saturated heterocycles. The summed E-state index contributed by atoms with van der Waals surface area (Å²) in [5.74, 6) is -0.754. The number of carboxylic acids is 1. The van der Waals surface area contributed by atoms with Gasteiger partial charge >= 0.3 is 5.97 Å². The minimum Gasteiger partial charge on any atom is -0.478 e. The van der Waals surface area contributed by atoms with Crippen LogP contribution in [-0.2, 0) is 16.6 Å². The Hall–Kier alpha value is -3.10. The fourth-order valence-corrected chi connectivity index (χ4v) is 3.90. The van der Waals surface area contributed by atoms with Crippen LogP contribution in [0.5, 0.6) is 0 Å². The van der Waals surface area contributed by atoms with Gasteiger partial charge in [0.25, 0.3) is 0 Å². The van der Waals surface area contributed by atoms with E-state index < -0.39 is 16.0 Å². The third-order valence-electron chi connectivity index (χ3n) is 4.21. The number of nitrogens with one attached hydrogen (secondary N) is 2. The van der Waals surface area contributed by atoms with Gasteiger partial charge in [0.15, 0.2) is 0 Å². The summed E-state index contributed by atoms with van der Waals surface area (Å²) in [6.07, 6.45) is 1.45. The molecule has 3 N–H and O–H groups in total. The summed E-state index contributed by atoms with van der Waals surface area (Å²) in [5, 5.41) is 12.4. The molecule has 0 spiro atoms. The van der Waals surface area contributed by atoms with E-state index in [1.54, 1.807) is 12.1 Å². The topological polar surface area (TPSA) is 109 Å². The zero-order chi connectivity index (χ0) is 20.1. The number of carbonyl (C=O) groups is 1. The van der Waals surface area contributed by atoms with Crippen molar-refractivity contribution < 1.29 is 22.7 Å². The SMILES string of the molecule is CC(Nc1ccc(C(=O)O)cc1S(=O)(=O)NCc1ccco1)c1ccccc1. The van der Waals surface area contributed by atoms with Gasteiger partial charge in [0.1, 0.15) is 10.7 Å². The van der Waals surface area contributed by atoms with E-state index in [4.69, 9.17) is 4.42 Å². The molecule has 1 unspecified atom stereocenters. The number of hydrogen-bond acceptors (Lipinski definition) is 5. The second-order valence-corrected chi connectivity index (χ2v) is 7.93. The molecule has 0 aliphatic heterocycles. The molecule has 3 aromatic rings. The third kappa shape index (κ3) is 4.59. The van der Waals surface area contributed by atoms with Gasteiger partial charge in [-0.1, -0.05) is 30.3 Å². The van der Waals surface area contributed by atoms with Crippen molar-refractivity contribution in [1.82, 2.24) is 4.72 Å². The van der Waals surface area contributed by atoms with E-state index in [1.165, 1.54) is 18.4 Å². The Morgan fingerprint density at radius 2 is 1.86 bits per heavy atom. The summed E-state index contributed by atoms with van der Waals surface area (Å²) in [6.45, 7) is 1.85. The molecule has 146 valence electrons. The van der Waals surface area contributed by atoms with Crippen LogP contribution in [0.4, 0.5) is 5.69 Å². The summed E-state index contributed by atoms with van der Waals surface area (Å²) in [6, 6.07) is 16.6. The van der Waals surface area contributed by atoms with E-state index in [1.807, 2.05) is 37.3 Å². The molecular formula is C20H20N2O5S.